The number of nitrogens with zero attached hydrogens (tertiary/aromatic N) is 1. The fourth-order valence-electron chi connectivity index (χ4n) is 2.77. The number of carbonyl (C=O) groups is 1. The van der Waals surface area contributed by atoms with E-state index in [0.29, 0.717) is 11.3 Å². The summed E-state index contributed by atoms with van der Waals surface area (Å²) >= 11 is 18.1. The van der Waals surface area contributed by atoms with Gasteiger partial charge >= 0.3 is 6.18 Å². The summed E-state index contributed by atoms with van der Waals surface area (Å²) < 4.78 is 39.0. The van der Waals surface area contributed by atoms with Crippen LogP contribution in [0, 0.1) is 5.41 Å². The van der Waals surface area contributed by atoms with Gasteiger partial charge in [0.05, 0.1) is 32.2 Å². The molecule has 3 aromatic rings. The Bertz CT molecular complexity index is 1230. The van der Waals surface area contributed by atoms with Gasteiger partial charge in [-0.25, -0.2) is 0 Å². The quantitative estimate of drug-likeness (QED) is 0.323. The van der Waals surface area contributed by atoms with Crippen LogP contribution in [0.3, 0.4) is 0 Å². The van der Waals surface area contributed by atoms with Crippen molar-refractivity contribution >= 4 is 63.5 Å². The van der Waals surface area contributed by atoms with E-state index < -0.39 is 24.2 Å². The Labute approximate surface area is 202 Å². The van der Waals surface area contributed by atoms with E-state index in [2.05, 4.69) is 10.3 Å². The van der Waals surface area contributed by atoms with E-state index in [0.717, 1.165) is 0 Å². The zero-order chi connectivity index (χ0) is 24.2. The van der Waals surface area contributed by atoms with Gasteiger partial charge in [0.2, 0.25) is 0 Å². The Morgan fingerprint density at radius 2 is 1.48 bits per heavy atom. The zero-order valence-corrected chi connectivity index (χ0v) is 18.9. The van der Waals surface area contributed by atoms with Crippen molar-refractivity contribution in [2.24, 2.45) is 4.99 Å². The van der Waals surface area contributed by atoms with Gasteiger partial charge in [-0.15, -0.1) is 0 Å². The van der Waals surface area contributed by atoms with Gasteiger partial charge in [-0.3, -0.25) is 9.79 Å². The predicted octanol–water partition coefficient (Wildman–Crippen LogP) is 7.99. The van der Waals surface area contributed by atoms with Crippen molar-refractivity contribution in [1.29, 1.82) is 5.41 Å². The third kappa shape index (κ3) is 6.35. The summed E-state index contributed by atoms with van der Waals surface area (Å²) in [7, 11) is 0. The number of alkyl halides is 3. The second kappa shape index (κ2) is 10.4. The average molecular weight is 513 g/mol. The number of rotatable bonds is 6. The lowest BCUT2D eigenvalue weighted by molar-refractivity contribution is -0.0605. The van der Waals surface area contributed by atoms with Crippen LogP contribution in [0.5, 0.6) is 0 Å². The molecule has 0 unspecified atom stereocenters. The van der Waals surface area contributed by atoms with E-state index >= 15 is 0 Å². The topological polar surface area (TPSA) is 65.3 Å². The molecule has 0 spiro atoms. The Morgan fingerprint density at radius 3 is 2.12 bits per heavy atom. The minimum absolute atomic E-state index is 0.0183. The van der Waals surface area contributed by atoms with Crippen molar-refractivity contribution < 1.29 is 18.0 Å². The standard InChI is InChI=1S/C23H15Cl3F3N3O/c24-15-4-1-2-6-17(15)31-19(12-20(30)23(27,28)29)13-8-10-14(11-9-13)22(33)32-18-7-3-5-16(25)21(18)26/h1-11,30H,12H2,(H,32,33). The lowest BCUT2D eigenvalue weighted by atomic mass is 10.0. The molecule has 3 rings (SSSR count). The highest BCUT2D eigenvalue weighted by Crippen LogP contribution is 2.30. The van der Waals surface area contributed by atoms with Crippen molar-refractivity contribution in [2.75, 3.05) is 5.32 Å². The van der Waals surface area contributed by atoms with Crippen molar-refractivity contribution in [3.63, 3.8) is 0 Å². The Balaban J connectivity index is 1.90. The molecule has 0 aliphatic heterocycles. The summed E-state index contributed by atoms with van der Waals surface area (Å²) in [5, 5.41) is 10.7. The molecule has 0 heterocycles. The molecule has 0 aliphatic carbocycles. The Morgan fingerprint density at radius 1 is 0.879 bits per heavy atom. The molecule has 10 heteroatoms. The molecule has 1 amide bonds. The van der Waals surface area contributed by atoms with E-state index in [1.807, 2.05) is 0 Å². The van der Waals surface area contributed by atoms with Gasteiger partial charge in [-0.2, -0.15) is 13.2 Å². The van der Waals surface area contributed by atoms with E-state index in [1.54, 1.807) is 42.5 Å². The largest absolute Gasteiger partial charge is 0.429 e. The number of halogens is 6. The molecule has 2 N–H and O–H groups in total. The summed E-state index contributed by atoms with van der Waals surface area (Å²) in [4.78, 5) is 16.8. The van der Waals surface area contributed by atoms with Crippen LogP contribution in [-0.2, 0) is 0 Å². The highest BCUT2D eigenvalue weighted by atomic mass is 35.5. The molecule has 0 aromatic heterocycles. The Kier molecular flexibility index (Phi) is 7.79. The SMILES string of the molecule is N=C(CC(=Nc1ccccc1Cl)c1ccc(C(=O)Nc2cccc(Cl)c2Cl)cc1)C(F)(F)F. The van der Waals surface area contributed by atoms with Crippen molar-refractivity contribution in [2.45, 2.75) is 12.6 Å². The van der Waals surface area contributed by atoms with E-state index in [4.69, 9.17) is 40.2 Å². The molecule has 4 nitrogen and oxygen atoms in total. The van der Waals surface area contributed by atoms with Crippen LogP contribution in [0.15, 0.2) is 71.7 Å². The van der Waals surface area contributed by atoms with Gasteiger partial charge in [0, 0.05) is 12.0 Å². The molecule has 0 bridgehead atoms. The molecule has 0 radical (unpaired) electrons. The van der Waals surface area contributed by atoms with Crippen LogP contribution in [0.2, 0.25) is 15.1 Å². The maximum Gasteiger partial charge on any atom is 0.429 e. The van der Waals surface area contributed by atoms with Crippen molar-refractivity contribution in [1.82, 2.24) is 0 Å². The van der Waals surface area contributed by atoms with Crippen LogP contribution in [0.25, 0.3) is 0 Å². The number of aliphatic imine (C=N–C) groups is 1. The van der Waals surface area contributed by atoms with Crippen molar-refractivity contribution in [3.05, 3.63) is 92.9 Å². The van der Waals surface area contributed by atoms with E-state index in [1.165, 1.54) is 24.3 Å². The number of hydrogen-bond donors (Lipinski definition) is 2. The second-order valence-corrected chi connectivity index (χ2v) is 7.99. The number of hydrogen-bond acceptors (Lipinski definition) is 3. The molecule has 0 atom stereocenters. The van der Waals surface area contributed by atoms with Crippen LogP contribution < -0.4 is 5.32 Å². The molecule has 170 valence electrons. The van der Waals surface area contributed by atoms with Crippen LogP contribution in [0.4, 0.5) is 24.5 Å². The number of benzene rings is 3. The van der Waals surface area contributed by atoms with Gasteiger partial charge in [-0.05, 0) is 42.0 Å². The minimum Gasteiger partial charge on any atom is -0.321 e. The minimum atomic E-state index is -4.79. The van der Waals surface area contributed by atoms with Crippen LogP contribution in [-0.4, -0.2) is 23.5 Å². The second-order valence-electron chi connectivity index (χ2n) is 6.80. The molecule has 0 saturated carbocycles. The summed E-state index contributed by atoms with van der Waals surface area (Å²) in [5.74, 6) is -0.488. The maximum atomic E-state index is 13.0. The van der Waals surface area contributed by atoms with Gasteiger partial charge in [-0.1, -0.05) is 65.1 Å². The molecule has 33 heavy (non-hydrogen) atoms. The van der Waals surface area contributed by atoms with E-state index in [9.17, 15) is 18.0 Å². The molecule has 3 aromatic carbocycles. The van der Waals surface area contributed by atoms with Gasteiger partial charge in [0.1, 0.15) is 5.71 Å². The molecular formula is C23H15Cl3F3N3O. The highest BCUT2D eigenvalue weighted by molar-refractivity contribution is 6.44. The normalized spacial score (nSPS) is 11.9. The summed E-state index contributed by atoms with van der Waals surface area (Å²) in [6.45, 7) is 0. The van der Waals surface area contributed by atoms with Crippen molar-refractivity contribution in [3.8, 4) is 0 Å². The third-order valence-electron chi connectivity index (χ3n) is 4.47. The van der Waals surface area contributed by atoms with Gasteiger partial charge in [0.25, 0.3) is 5.91 Å². The smallest absolute Gasteiger partial charge is 0.321 e. The molecular weight excluding hydrogens is 498 g/mol. The first-order valence-electron chi connectivity index (χ1n) is 9.39. The molecule has 0 saturated heterocycles. The third-order valence-corrected chi connectivity index (χ3v) is 5.61. The summed E-state index contributed by atoms with van der Waals surface area (Å²) in [6, 6.07) is 17.0. The maximum absolute atomic E-state index is 13.0. The average Bonchev–Trinajstić information content (AvgIpc) is 2.77. The first-order valence-corrected chi connectivity index (χ1v) is 10.5. The number of nitrogens with one attached hydrogen (secondary N) is 2. The fourth-order valence-corrected chi connectivity index (χ4v) is 3.30. The lowest BCUT2D eigenvalue weighted by Gasteiger charge is -2.12. The van der Waals surface area contributed by atoms with Gasteiger partial charge in [0.15, 0.2) is 0 Å². The number of amides is 1. The number of para-hydroxylation sites is 1. The monoisotopic (exact) mass is 511 g/mol. The predicted molar refractivity (Wildman–Crippen MR) is 127 cm³/mol. The first kappa shape index (κ1) is 24.8. The fraction of sp³-hybridized carbons (Fsp3) is 0.0870. The van der Waals surface area contributed by atoms with E-state index in [-0.39, 0.29) is 32.0 Å². The number of carbonyl (C=O) groups excluding carboxylic acids is 1. The summed E-state index contributed by atoms with van der Waals surface area (Å²) in [6.07, 6.45) is -5.56. The molecule has 0 fully saturated rings. The van der Waals surface area contributed by atoms with Crippen LogP contribution in [0.1, 0.15) is 22.3 Å². The van der Waals surface area contributed by atoms with Gasteiger partial charge < -0.3 is 10.7 Å². The lowest BCUT2D eigenvalue weighted by Crippen LogP contribution is -2.25. The molecule has 0 aliphatic rings. The number of anilines is 1. The Hall–Kier alpha value is -2.87. The van der Waals surface area contributed by atoms with Crippen LogP contribution >= 0.6 is 34.8 Å². The first-order chi connectivity index (χ1) is 15.6. The highest BCUT2D eigenvalue weighted by Gasteiger charge is 2.35. The summed E-state index contributed by atoms with van der Waals surface area (Å²) in [5.41, 5.74) is -0.348. The zero-order valence-electron chi connectivity index (χ0n) is 16.7.